The van der Waals surface area contributed by atoms with Crippen molar-refractivity contribution >= 4 is 0 Å². The fourth-order valence-electron chi connectivity index (χ4n) is 1.81. The van der Waals surface area contributed by atoms with Gasteiger partial charge in [-0.25, -0.2) is 0 Å². The normalized spacial score (nSPS) is 11.3. The molecular formula is C16H11N2O2. The molecule has 1 atom stereocenters. The van der Waals surface area contributed by atoms with Crippen molar-refractivity contribution in [2.24, 2.45) is 0 Å². The number of ether oxygens (including phenoxy) is 1. The van der Waals surface area contributed by atoms with Crippen LogP contribution in [0.4, 0.5) is 0 Å². The summed E-state index contributed by atoms with van der Waals surface area (Å²) < 4.78 is 5.24. The molecule has 97 valence electrons. The van der Waals surface area contributed by atoms with Gasteiger partial charge in [0.15, 0.2) is 0 Å². The second-order valence-electron chi connectivity index (χ2n) is 4.11. The lowest BCUT2D eigenvalue weighted by atomic mass is 10.1. The van der Waals surface area contributed by atoms with Crippen LogP contribution in [0.3, 0.4) is 0 Å². The summed E-state index contributed by atoms with van der Waals surface area (Å²) in [7, 11) is 0. The molecule has 0 bridgehead atoms. The zero-order chi connectivity index (χ0) is 14.4. The van der Waals surface area contributed by atoms with E-state index in [4.69, 9.17) is 15.3 Å². The van der Waals surface area contributed by atoms with Gasteiger partial charge in [-0.05, 0) is 17.7 Å². The molecule has 0 N–H and O–H groups in total. The van der Waals surface area contributed by atoms with Gasteiger partial charge in [-0.3, -0.25) is 0 Å². The highest BCUT2D eigenvalue weighted by atomic mass is 16.6. The Hall–Kier alpha value is -2.66. The lowest BCUT2D eigenvalue weighted by Crippen LogP contribution is -2.05. The number of nitriles is 2. The van der Waals surface area contributed by atoms with E-state index in [1.54, 1.807) is 48.5 Å². The molecule has 0 aliphatic heterocycles. The molecule has 20 heavy (non-hydrogen) atoms. The highest BCUT2D eigenvalue weighted by molar-refractivity contribution is 5.38. The van der Waals surface area contributed by atoms with Crippen LogP contribution in [0, 0.1) is 22.7 Å². The van der Waals surface area contributed by atoms with Crippen LogP contribution in [0.25, 0.3) is 0 Å². The van der Waals surface area contributed by atoms with E-state index in [2.05, 4.69) is 0 Å². The summed E-state index contributed by atoms with van der Waals surface area (Å²) >= 11 is 0. The largest absolute Gasteiger partial charge is 0.341 e. The summed E-state index contributed by atoms with van der Waals surface area (Å²) in [5, 5.41) is 29.9. The van der Waals surface area contributed by atoms with E-state index >= 15 is 0 Å². The fourth-order valence-corrected chi connectivity index (χ4v) is 1.81. The Morgan fingerprint density at radius 1 is 0.950 bits per heavy atom. The van der Waals surface area contributed by atoms with Crippen molar-refractivity contribution in [2.75, 3.05) is 0 Å². The Kier molecular flexibility index (Phi) is 4.47. The third-order valence-electron chi connectivity index (χ3n) is 2.86. The van der Waals surface area contributed by atoms with Crippen LogP contribution in [0.2, 0.25) is 0 Å². The topological polar surface area (TPSA) is 76.7 Å². The third-order valence-corrected chi connectivity index (χ3v) is 2.86. The van der Waals surface area contributed by atoms with E-state index in [0.717, 1.165) is 0 Å². The van der Waals surface area contributed by atoms with Crippen molar-refractivity contribution < 1.29 is 9.84 Å². The third kappa shape index (κ3) is 3.02. The van der Waals surface area contributed by atoms with E-state index in [0.29, 0.717) is 22.3 Å². The van der Waals surface area contributed by atoms with E-state index in [1.807, 2.05) is 12.1 Å². The molecule has 0 saturated heterocycles. The van der Waals surface area contributed by atoms with E-state index < -0.39 is 6.29 Å². The maximum atomic E-state index is 12.0. The number of hydrogen-bond donors (Lipinski definition) is 0. The molecule has 4 heteroatoms. The average molecular weight is 263 g/mol. The summed E-state index contributed by atoms with van der Waals surface area (Å²) in [5.74, 6) is 0. The van der Waals surface area contributed by atoms with Gasteiger partial charge in [0, 0.05) is 5.56 Å². The van der Waals surface area contributed by atoms with Gasteiger partial charge in [0.2, 0.25) is 6.29 Å². The van der Waals surface area contributed by atoms with Crippen LogP contribution < -0.4 is 0 Å². The SMILES string of the molecule is N#Cc1ccccc1COC([O])c1ccccc1C#N. The van der Waals surface area contributed by atoms with Gasteiger partial charge < -0.3 is 4.74 Å². The van der Waals surface area contributed by atoms with E-state index in [1.165, 1.54) is 0 Å². The van der Waals surface area contributed by atoms with Gasteiger partial charge in [-0.15, -0.1) is 0 Å². The van der Waals surface area contributed by atoms with Crippen molar-refractivity contribution in [3.05, 3.63) is 70.8 Å². The summed E-state index contributed by atoms with van der Waals surface area (Å²) in [6.45, 7) is 0.0393. The maximum Gasteiger partial charge on any atom is 0.219 e. The predicted molar refractivity (Wildman–Crippen MR) is 70.5 cm³/mol. The van der Waals surface area contributed by atoms with Crippen molar-refractivity contribution in [2.45, 2.75) is 12.9 Å². The van der Waals surface area contributed by atoms with Crippen LogP contribution in [0.1, 0.15) is 28.5 Å². The quantitative estimate of drug-likeness (QED) is 0.795. The minimum absolute atomic E-state index is 0.0393. The predicted octanol–water partition coefficient (Wildman–Crippen LogP) is 3.08. The van der Waals surface area contributed by atoms with E-state index in [-0.39, 0.29) is 6.61 Å². The lowest BCUT2D eigenvalue weighted by Gasteiger charge is -2.12. The summed E-state index contributed by atoms with van der Waals surface area (Å²) in [6.07, 6.45) is -1.45. The first-order chi connectivity index (χ1) is 9.76. The average Bonchev–Trinajstić information content (AvgIpc) is 2.52. The Labute approximate surface area is 117 Å². The van der Waals surface area contributed by atoms with Crippen molar-refractivity contribution in [1.82, 2.24) is 0 Å². The summed E-state index contributed by atoms with van der Waals surface area (Å²) in [4.78, 5) is 0. The maximum absolute atomic E-state index is 12.0. The molecule has 0 heterocycles. The first kappa shape index (κ1) is 13.8. The van der Waals surface area contributed by atoms with Crippen molar-refractivity contribution in [1.29, 1.82) is 10.5 Å². The van der Waals surface area contributed by atoms with Crippen LogP contribution in [0.5, 0.6) is 0 Å². The molecule has 1 unspecified atom stereocenters. The number of rotatable bonds is 4. The molecule has 0 aliphatic rings. The van der Waals surface area contributed by atoms with Crippen LogP contribution >= 0.6 is 0 Å². The van der Waals surface area contributed by atoms with Gasteiger partial charge in [-0.1, -0.05) is 36.4 Å². The highest BCUT2D eigenvalue weighted by Crippen LogP contribution is 2.21. The van der Waals surface area contributed by atoms with Crippen LogP contribution in [0.15, 0.2) is 48.5 Å². The molecule has 1 radical (unpaired) electrons. The Balaban J connectivity index is 2.12. The molecule has 4 nitrogen and oxygen atoms in total. The zero-order valence-electron chi connectivity index (χ0n) is 10.6. The molecule has 2 aromatic carbocycles. The van der Waals surface area contributed by atoms with Gasteiger partial charge in [0.05, 0.1) is 29.9 Å². The minimum Gasteiger partial charge on any atom is -0.341 e. The molecule has 0 amide bonds. The molecule has 0 spiro atoms. The second-order valence-corrected chi connectivity index (χ2v) is 4.11. The molecule has 0 fully saturated rings. The van der Waals surface area contributed by atoms with Crippen molar-refractivity contribution in [3.63, 3.8) is 0 Å². The number of benzene rings is 2. The monoisotopic (exact) mass is 263 g/mol. The molecule has 0 saturated carbocycles. The Morgan fingerprint density at radius 3 is 2.25 bits per heavy atom. The first-order valence-corrected chi connectivity index (χ1v) is 6.00. The zero-order valence-corrected chi connectivity index (χ0v) is 10.6. The van der Waals surface area contributed by atoms with E-state index in [9.17, 15) is 5.11 Å². The van der Waals surface area contributed by atoms with Gasteiger partial charge >= 0.3 is 0 Å². The number of hydrogen-bond acceptors (Lipinski definition) is 3. The molecule has 0 aliphatic carbocycles. The Bertz CT molecular complexity index is 683. The Morgan fingerprint density at radius 2 is 1.55 bits per heavy atom. The first-order valence-electron chi connectivity index (χ1n) is 6.00. The summed E-state index contributed by atoms with van der Waals surface area (Å²) in [6, 6.07) is 17.5. The lowest BCUT2D eigenvalue weighted by molar-refractivity contribution is -0.152. The van der Waals surface area contributed by atoms with Gasteiger partial charge in [-0.2, -0.15) is 15.6 Å². The molecule has 2 aromatic rings. The highest BCUT2D eigenvalue weighted by Gasteiger charge is 2.14. The molecule has 0 aromatic heterocycles. The van der Waals surface area contributed by atoms with Crippen LogP contribution in [-0.4, -0.2) is 0 Å². The fraction of sp³-hybridized carbons (Fsp3) is 0.125. The standard InChI is InChI=1S/C16H11N2O2/c17-9-12-5-1-2-7-14(12)11-20-16(19)15-8-4-3-6-13(15)10-18/h1-8,16H,11H2. The molecule has 2 rings (SSSR count). The summed E-state index contributed by atoms with van der Waals surface area (Å²) in [5.41, 5.74) is 1.75. The van der Waals surface area contributed by atoms with Gasteiger partial charge in [0.25, 0.3) is 0 Å². The minimum atomic E-state index is -1.45. The van der Waals surface area contributed by atoms with Crippen LogP contribution in [-0.2, 0) is 16.5 Å². The molecular weight excluding hydrogens is 252 g/mol. The number of nitrogens with zero attached hydrogens (tertiary/aromatic N) is 2. The smallest absolute Gasteiger partial charge is 0.219 e. The second kappa shape index (κ2) is 6.49. The van der Waals surface area contributed by atoms with Crippen molar-refractivity contribution in [3.8, 4) is 12.1 Å². The van der Waals surface area contributed by atoms with Gasteiger partial charge in [0.1, 0.15) is 0 Å².